The number of piperidine rings is 1. The summed E-state index contributed by atoms with van der Waals surface area (Å²) in [5, 5.41) is 10.1. The Labute approximate surface area is 120 Å². The van der Waals surface area contributed by atoms with Crippen molar-refractivity contribution in [3.05, 3.63) is 11.4 Å². The normalized spacial score (nSPS) is 18.1. The number of nitrogens with two attached hydrogens (primary N) is 1. The van der Waals surface area contributed by atoms with Gasteiger partial charge in [-0.2, -0.15) is 0 Å². The van der Waals surface area contributed by atoms with Crippen LogP contribution in [0.3, 0.4) is 0 Å². The molecule has 1 aliphatic rings. The van der Waals surface area contributed by atoms with Crippen molar-refractivity contribution in [2.24, 2.45) is 5.84 Å². The molecule has 2 heterocycles. The zero-order valence-electron chi connectivity index (χ0n) is 12.6. The van der Waals surface area contributed by atoms with Crippen LogP contribution in [0.4, 0.5) is 11.6 Å². The van der Waals surface area contributed by atoms with Crippen LogP contribution in [0.15, 0.2) is 0 Å². The highest BCUT2D eigenvalue weighted by Gasteiger charge is 2.29. The molecule has 0 aliphatic carbocycles. The summed E-state index contributed by atoms with van der Waals surface area (Å²) < 4.78 is 0. The van der Waals surface area contributed by atoms with Crippen molar-refractivity contribution < 1.29 is 5.11 Å². The molecule has 0 aromatic carbocycles. The summed E-state index contributed by atoms with van der Waals surface area (Å²) in [6.07, 6.45) is 3.35. The van der Waals surface area contributed by atoms with Crippen LogP contribution in [-0.2, 0) is 6.42 Å². The van der Waals surface area contributed by atoms with Gasteiger partial charge in [-0.05, 0) is 33.1 Å². The monoisotopic (exact) mass is 279 g/mol. The highest BCUT2D eigenvalue weighted by molar-refractivity contribution is 5.58. The molecule has 0 bridgehead atoms. The summed E-state index contributed by atoms with van der Waals surface area (Å²) in [6.45, 7) is 7.59. The summed E-state index contributed by atoms with van der Waals surface area (Å²) in [5.74, 6) is 8.00. The van der Waals surface area contributed by atoms with E-state index in [9.17, 15) is 5.11 Å². The number of nitrogen functional groups attached to an aromatic ring is 1. The Kier molecular flexibility index (Phi) is 4.45. The SMILES string of the molecule is CCCc1nc(NN)c(C)c(N2CCC(C)(O)CC2)n1. The van der Waals surface area contributed by atoms with E-state index in [2.05, 4.69) is 27.2 Å². The smallest absolute Gasteiger partial charge is 0.148 e. The van der Waals surface area contributed by atoms with Crippen LogP contribution < -0.4 is 16.2 Å². The lowest BCUT2D eigenvalue weighted by atomic mass is 9.94. The molecule has 1 aromatic heterocycles. The Morgan fingerprint density at radius 1 is 1.35 bits per heavy atom. The third-order valence-electron chi connectivity index (χ3n) is 3.92. The number of aliphatic hydroxyl groups is 1. The van der Waals surface area contributed by atoms with Gasteiger partial charge in [-0.25, -0.2) is 15.8 Å². The summed E-state index contributed by atoms with van der Waals surface area (Å²) in [4.78, 5) is 11.3. The minimum absolute atomic E-state index is 0.557. The molecule has 1 aromatic rings. The van der Waals surface area contributed by atoms with Gasteiger partial charge in [-0.1, -0.05) is 6.92 Å². The first-order chi connectivity index (χ1) is 9.46. The summed E-state index contributed by atoms with van der Waals surface area (Å²) in [7, 11) is 0. The third-order valence-corrected chi connectivity index (χ3v) is 3.92. The fourth-order valence-electron chi connectivity index (χ4n) is 2.53. The average Bonchev–Trinajstić information content (AvgIpc) is 2.41. The number of aryl methyl sites for hydroxylation is 1. The molecule has 0 spiro atoms. The van der Waals surface area contributed by atoms with Gasteiger partial charge in [-0.15, -0.1) is 0 Å². The molecule has 112 valence electrons. The van der Waals surface area contributed by atoms with Gasteiger partial charge in [0.2, 0.25) is 0 Å². The molecule has 0 unspecified atom stereocenters. The quantitative estimate of drug-likeness (QED) is 0.570. The molecule has 4 N–H and O–H groups in total. The van der Waals surface area contributed by atoms with Crippen LogP contribution in [0.25, 0.3) is 0 Å². The number of nitrogens with one attached hydrogen (secondary N) is 1. The fraction of sp³-hybridized carbons (Fsp3) is 0.714. The Morgan fingerprint density at radius 2 is 2.00 bits per heavy atom. The molecule has 6 heteroatoms. The van der Waals surface area contributed by atoms with Crippen LogP contribution in [0.2, 0.25) is 0 Å². The van der Waals surface area contributed by atoms with Crippen LogP contribution >= 0.6 is 0 Å². The van der Waals surface area contributed by atoms with Gasteiger partial charge in [0.1, 0.15) is 17.5 Å². The zero-order chi connectivity index (χ0) is 14.8. The number of nitrogens with zero attached hydrogens (tertiary/aromatic N) is 3. The molecule has 2 rings (SSSR count). The molecule has 0 saturated carbocycles. The lowest BCUT2D eigenvalue weighted by Crippen LogP contribution is -2.43. The highest BCUT2D eigenvalue weighted by atomic mass is 16.3. The number of aromatic nitrogens is 2. The Bertz CT molecular complexity index is 465. The van der Waals surface area contributed by atoms with E-state index >= 15 is 0 Å². The Balaban J connectivity index is 2.28. The van der Waals surface area contributed by atoms with Crippen molar-refractivity contribution in [1.82, 2.24) is 9.97 Å². The molecule has 0 radical (unpaired) electrons. The zero-order valence-corrected chi connectivity index (χ0v) is 12.6. The van der Waals surface area contributed by atoms with E-state index in [0.717, 1.165) is 56.0 Å². The summed E-state index contributed by atoms with van der Waals surface area (Å²) in [6, 6.07) is 0. The maximum Gasteiger partial charge on any atom is 0.148 e. The molecule has 0 atom stereocenters. The number of hydrogen-bond donors (Lipinski definition) is 3. The molecule has 0 amide bonds. The lowest BCUT2D eigenvalue weighted by Gasteiger charge is -2.37. The molecular formula is C14H25N5O. The summed E-state index contributed by atoms with van der Waals surface area (Å²) in [5.41, 5.74) is 3.07. The molecular weight excluding hydrogens is 254 g/mol. The number of rotatable bonds is 4. The average molecular weight is 279 g/mol. The molecule has 6 nitrogen and oxygen atoms in total. The van der Waals surface area contributed by atoms with E-state index in [1.807, 2.05) is 13.8 Å². The number of hydrogen-bond acceptors (Lipinski definition) is 6. The standard InChI is InChI=1S/C14H25N5O/c1-4-5-11-16-12(18-15)10(2)13(17-11)19-8-6-14(3,20)7-9-19/h20H,4-9,15H2,1-3H3,(H,16,17,18). The van der Waals surface area contributed by atoms with E-state index in [1.165, 1.54) is 0 Å². The maximum absolute atomic E-state index is 10.1. The van der Waals surface area contributed by atoms with Crippen molar-refractivity contribution in [3.8, 4) is 0 Å². The first-order valence-corrected chi connectivity index (χ1v) is 7.28. The van der Waals surface area contributed by atoms with Gasteiger partial charge in [0.15, 0.2) is 0 Å². The largest absolute Gasteiger partial charge is 0.390 e. The predicted octanol–water partition coefficient (Wildman–Crippen LogP) is 1.37. The van der Waals surface area contributed by atoms with Crippen LogP contribution in [0.1, 0.15) is 44.5 Å². The van der Waals surface area contributed by atoms with Crippen molar-refractivity contribution in [2.45, 2.75) is 52.1 Å². The van der Waals surface area contributed by atoms with Gasteiger partial charge in [0, 0.05) is 25.1 Å². The van der Waals surface area contributed by atoms with Crippen molar-refractivity contribution >= 4 is 11.6 Å². The van der Waals surface area contributed by atoms with Gasteiger partial charge in [-0.3, -0.25) is 0 Å². The van der Waals surface area contributed by atoms with E-state index in [0.29, 0.717) is 5.82 Å². The van der Waals surface area contributed by atoms with Crippen LogP contribution in [-0.4, -0.2) is 33.8 Å². The van der Waals surface area contributed by atoms with Gasteiger partial charge >= 0.3 is 0 Å². The van der Waals surface area contributed by atoms with E-state index in [1.54, 1.807) is 0 Å². The number of anilines is 2. The van der Waals surface area contributed by atoms with Gasteiger partial charge in [0.05, 0.1) is 5.60 Å². The van der Waals surface area contributed by atoms with Crippen molar-refractivity contribution in [3.63, 3.8) is 0 Å². The van der Waals surface area contributed by atoms with Crippen LogP contribution in [0, 0.1) is 6.92 Å². The van der Waals surface area contributed by atoms with E-state index in [-0.39, 0.29) is 0 Å². The first kappa shape index (κ1) is 15.0. The van der Waals surface area contributed by atoms with Crippen molar-refractivity contribution in [1.29, 1.82) is 0 Å². The molecule has 1 aliphatic heterocycles. The predicted molar refractivity (Wildman–Crippen MR) is 80.6 cm³/mol. The van der Waals surface area contributed by atoms with Crippen LogP contribution in [0.5, 0.6) is 0 Å². The first-order valence-electron chi connectivity index (χ1n) is 7.28. The van der Waals surface area contributed by atoms with Gasteiger partial charge < -0.3 is 15.4 Å². The highest BCUT2D eigenvalue weighted by Crippen LogP contribution is 2.29. The van der Waals surface area contributed by atoms with Gasteiger partial charge in [0.25, 0.3) is 0 Å². The molecule has 1 fully saturated rings. The second-order valence-electron chi connectivity index (χ2n) is 5.82. The second-order valence-corrected chi connectivity index (χ2v) is 5.82. The topological polar surface area (TPSA) is 87.3 Å². The minimum atomic E-state index is -0.557. The Morgan fingerprint density at radius 3 is 2.55 bits per heavy atom. The summed E-state index contributed by atoms with van der Waals surface area (Å²) >= 11 is 0. The number of hydrazine groups is 1. The minimum Gasteiger partial charge on any atom is -0.390 e. The lowest BCUT2D eigenvalue weighted by molar-refractivity contribution is 0.0350. The maximum atomic E-state index is 10.1. The Hall–Kier alpha value is -1.40. The molecule has 20 heavy (non-hydrogen) atoms. The van der Waals surface area contributed by atoms with E-state index in [4.69, 9.17) is 5.84 Å². The fourth-order valence-corrected chi connectivity index (χ4v) is 2.53. The third kappa shape index (κ3) is 3.19. The van der Waals surface area contributed by atoms with E-state index < -0.39 is 5.60 Å². The molecule has 1 saturated heterocycles. The second kappa shape index (κ2) is 5.93. The van der Waals surface area contributed by atoms with Crippen molar-refractivity contribution in [2.75, 3.05) is 23.4 Å².